The summed E-state index contributed by atoms with van der Waals surface area (Å²) in [6.45, 7) is 8.74. The molecule has 1 heterocycles. The van der Waals surface area contributed by atoms with Crippen molar-refractivity contribution in [3.05, 3.63) is 35.1 Å². The highest BCUT2D eigenvalue weighted by molar-refractivity contribution is 5.06. The van der Waals surface area contributed by atoms with Gasteiger partial charge in [0.2, 0.25) is 0 Å². The number of hydrogen-bond acceptors (Lipinski definition) is 1. The molecule has 1 aromatic rings. The highest BCUT2D eigenvalue weighted by atomic mass is 16.3. The molecule has 0 atom stereocenters. The van der Waals surface area contributed by atoms with Crippen molar-refractivity contribution in [3.8, 4) is 0 Å². The van der Waals surface area contributed by atoms with Crippen molar-refractivity contribution in [2.75, 3.05) is 0 Å². The zero-order valence-electron chi connectivity index (χ0n) is 5.22. The van der Waals surface area contributed by atoms with Gasteiger partial charge in [-0.15, -0.1) is 0 Å². The highest BCUT2D eigenvalue weighted by Gasteiger charge is 1.97. The number of aryl methyl sites for hydroxylation is 1. The molecule has 1 aromatic heterocycles. The fraction of sp³-hybridized carbons (Fsp3) is 0.286. The molecule has 9 heavy (non-hydrogen) atoms. The number of nitrogens with zero attached hydrogens (tertiary/aromatic N) is 1. The Hall–Kier alpha value is -1.23. The molecule has 0 aliphatic carbocycles. The molecule has 0 N–H and O–H groups in total. The zero-order valence-corrected chi connectivity index (χ0v) is 5.22. The van der Waals surface area contributed by atoms with Gasteiger partial charge in [-0.1, -0.05) is 0 Å². The fourth-order valence-corrected chi connectivity index (χ4v) is 0.648. The van der Waals surface area contributed by atoms with E-state index in [9.17, 15) is 0 Å². The van der Waals surface area contributed by atoms with Crippen LogP contribution in [-0.4, -0.2) is 0 Å². The third-order valence-corrected chi connectivity index (χ3v) is 1.03. The molecular formula is C7H7NO. The van der Waals surface area contributed by atoms with Crippen LogP contribution >= 0.6 is 0 Å². The topological polar surface area (TPSA) is 17.5 Å². The van der Waals surface area contributed by atoms with Crippen LogP contribution in [0.1, 0.15) is 11.5 Å². The van der Waals surface area contributed by atoms with Gasteiger partial charge in [0.1, 0.15) is 5.76 Å². The average Bonchev–Trinajstić information content (AvgIpc) is 2.17. The van der Waals surface area contributed by atoms with Gasteiger partial charge >= 0.3 is 0 Å². The third kappa shape index (κ3) is 1.33. The molecule has 0 aliphatic rings. The quantitative estimate of drug-likeness (QED) is 0.519. The highest BCUT2D eigenvalue weighted by Crippen LogP contribution is 2.06. The molecule has 0 radical (unpaired) electrons. The van der Waals surface area contributed by atoms with E-state index in [1.165, 1.54) is 0 Å². The van der Waals surface area contributed by atoms with E-state index in [1.54, 1.807) is 0 Å². The molecular weight excluding hydrogens is 114 g/mol. The van der Waals surface area contributed by atoms with Gasteiger partial charge in [0.25, 0.3) is 6.54 Å². The van der Waals surface area contributed by atoms with Gasteiger partial charge in [0.15, 0.2) is 5.76 Å². The Morgan fingerprint density at radius 1 is 1.67 bits per heavy atom. The summed E-state index contributed by atoms with van der Waals surface area (Å²) < 4.78 is 5.11. The van der Waals surface area contributed by atoms with Crippen LogP contribution in [0.25, 0.3) is 4.85 Å². The lowest BCUT2D eigenvalue weighted by atomic mass is 10.4. The average molecular weight is 121 g/mol. The molecule has 0 bridgehead atoms. The van der Waals surface area contributed by atoms with Crippen LogP contribution in [0.3, 0.4) is 0 Å². The van der Waals surface area contributed by atoms with E-state index in [0.29, 0.717) is 6.54 Å². The van der Waals surface area contributed by atoms with E-state index < -0.39 is 0 Å². The molecule has 0 saturated heterocycles. The van der Waals surface area contributed by atoms with E-state index in [0.717, 1.165) is 11.5 Å². The van der Waals surface area contributed by atoms with E-state index in [4.69, 9.17) is 11.0 Å². The Balaban J connectivity index is 2.76. The first kappa shape index (κ1) is 5.90. The third-order valence-electron chi connectivity index (χ3n) is 1.03. The Morgan fingerprint density at radius 2 is 2.44 bits per heavy atom. The van der Waals surface area contributed by atoms with Gasteiger partial charge < -0.3 is 9.26 Å². The Bertz CT molecular complexity index is 231. The summed E-state index contributed by atoms with van der Waals surface area (Å²) >= 11 is 0. The molecule has 0 unspecified atom stereocenters. The number of rotatable bonds is 1. The van der Waals surface area contributed by atoms with Crippen LogP contribution in [0.15, 0.2) is 16.5 Å². The fourth-order valence-electron chi connectivity index (χ4n) is 0.648. The monoisotopic (exact) mass is 121 g/mol. The molecule has 0 saturated carbocycles. The minimum absolute atomic E-state index is 0.355. The lowest BCUT2D eigenvalue weighted by molar-refractivity contribution is 0.494. The van der Waals surface area contributed by atoms with E-state index in [-0.39, 0.29) is 0 Å². The normalized spacial score (nSPS) is 8.89. The van der Waals surface area contributed by atoms with Crippen molar-refractivity contribution in [1.29, 1.82) is 0 Å². The molecule has 2 nitrogen and oxygen atoms in total. The Morgan fingerprint density at radius 3 is 2.89 bits per heavy atom. The molecule has 0 amide bonds. The number of furan rings is 1. The first-order chi connectivity index (χ1) is 4.33. The predicted octanol–water partition coefficient (Wildman–Crippen LogP) is 2.01. The van der Waals surface area contributed by atoms with E-state index in [1.807, 2.05) is 19.1 Å². The molecule has 0 spiro atoms. The zero-order chi connectivity index (χ0) is 6.69. The predicted molar refractivity (Wildman–Crippen MR) is 33.8 cm³/mol. The standard InChI is InChI=1S/C7H7NO/c1-6-3-4-7(9-6)5-8-2/h3-4H,5H2,1H3. The lowest BCUT2D eigenvalue weighted by Gasteiger charge is -1.79. The minimum Gasteiger partial charge on any atom is -0.458 e. The second-order valence-electron chi connectivity index (χ2n) is 1.83. The van der Waals surface area contributed by atoms with Crippen molar-refractivity contribution < 1.29 is 4.42 Å². The number of hydrogen-bond donors (Lipinski definition) is 0. The van der Waals surface area contributed by atoms with Crippen LogP contribution in [0.4, 0.5) is 0 Å². The molecule has 0 aromatic carbocycles. The first-order valence-electron chi connectivity index (χ1n) is 2.71. The summed E-state index contributed by atoms with van der Waals surface area (Å²) in [4.78, 5) is 3.18. The smallest absolute Gasteiger partial charge is 0.271 e. The molecule has 0 fully saturated rings. The van der Waals surface area contributed by atoms with Crippen molar-refractivity contribution in [3.63, 3.8) is 0 Å². The second kappa shape index (κ2) is 2.36. The van der Waals surface area contributed by atoms with Crippen LogP contribution in [0.5, 0.6) is 0 Å². The van der Waals surface area contributed by atoms with Crippen molar-refractivity contribution in [2.24, 2.45) is 0 Å². The summed E-state index contributed by atoms with van der Waals surface area (Å²) in [5.41, 5.74) is 0. The van der Waals surface area contributed by atoms with Gasteiger partial charge in [-0.3, -0.25) is 0 Å². The maximum atomic E-state index is 6.51. The molecule has 0 aliphatic heterocycles. The summed E-state index contributed by atoms with van der Waals surface area (Å²) in [6.07, 6.45) is 0. The van der Waals surface area contributed by atoms with Crippen molar-refractivity contribution >= 4 is 0 Å². The van der Waals surface area contributed by atoms with Crippen molar-refractivity contribution in [2.45, 2.75) is 13.5 Å². The maximum Gasteiger partial charge on any atom is 0.271 e. The Kier molecular flexibility index (Phi) is 1.55. The second-order valence-corrected chi connectivity index (χ2v) is 1.83. The summed E-state index contributed by atoms with van der Waals surface area (Å²) in [7, 11) is 0. The molecule has 1 rings (SSSR count). The van der Waals surface area contributed by atoms with Crippen LogP contribution < -0.4 is 0 Å². The SMILES string of the molecule is [C-]#[N+]Cc1ccc(C)o1. The first-order valence-corrected chi connectivity index (χ1v) is 2.71. The van der Waals surface area contributed by atoms with Gasteiger partial charge in [0, 0.05) is 0 Å². The van der Waals surface area contributed by atoms with E-state index >= 15 is 0 Å². The van der Waals surface area contributed by atoms with Crippen LogP contribution in [0.2, 0.25) is 0 Å². The van der Waals surface area contributed by atoms with Crippen molar-refractivity contribution in [1.82, 2.24) is 0 Å². The molecule has 2 heteroatoms. The van der Waals surface area contributed by atoms with Crippen LogP contribution in [-0.2, 0) is 6.54 Å². The summed E-state index contributed by atoms with van der Waals surface area (Å²) in [5, 5.41) is 0. The van der Waals surface area contributed by atoms with Gasteiger partial charge in [0.05, 0.1) is 0 Å². The largest absolute Gasteiger partial charge is 0.458 e. The summed E-state index contributed by atoms with van der Waals surface area (Å²) in [6, 6.07) is 3.69. The lowest BCUT2D eigenvalue weighted by Crippen LogP contribution is -1.68. The van der Waals surface area contributed by atoms with Gasteiger partial charge in [-0.05, 0) is 19.1 Å². The Labute approximate surface area is 53.9 Å². The van der Waals surface area contributed by atoms with Gasteiger partial charge in [-0.25, -0.2) is 6.57 Å². The molecule has 46 valence electrons. The maximum absolute atomic E-state index is 6.51. The minimum atomic E-state index is 0.355. The van der Waals surface area contributed by atoms with Crippen LogP contribution in [0, 0.1) is 13.5 Å². The summed E-state index contributed by atoms with van der Waals surface area (Å²) in [5.74, 6) is 1.62. The van der Waals surface area contributed by atoms with E-state index in [2.05, 4.69) is 4.85 Å². The van der Waals surface area contributed by atoms with Gasteiger partial charge in [-0.2, -0.15) is 0 Å².